The molecule has 1 N–H and O–H groups in total. The Morgan fingerprint density at radius 3 is 2.60 bits per heavy atom. The minimum absolute atomic E-state index is 0.00177. The fourth-order valence-electron chi connectivity index (χ4n) is 2.70. The molecule has 0 unspecified atom stereocenters. The molecule has 1 aromatic carbocycles. The van der Waals surface area contributed by atoms with Gasteiger partial charge in [0, 0.05) is 6.07 Å². The summed E-state index contributed by atoms with van der Waals surface area (Å²) in [4.78, 5) is 16.6. The van der Waals surface area contributed by atoms with Gasteiger partial charge in [-0.25, -0.2) is 15.0 Å². The number of rotatable bonds is 5. The van der Waals surface area contributed by atoms with Crippen LogP contribution in [0.1, 0.15) is 24.4 Å². The van der Waals surface area contributed by atoms with Crippen LogP contribution in [0.3, 0.4) is 0 Å². The number of anilines is 1. The Hall–Kier alpha value is -3.41. The highest BCUT2D eigenvalue weighted by molar-refractivity contribution is 6.32. The van der Waals surface area contributed by atoms with Crippen molar-refractivity contribution >= 4 is 28.7 Å². The molecule has 0 radical (unpaired) electrons. The van der Waals surface area contributed by atoms with Crippen LogP contribution >= 0.6 is 11.6 Å². The standard InChI is InChI=1S/C17H13ClF3N7O2/c1-8(14-24-7-25-28(14)15-22-5-9(29-2)6-23-15)26-16-27-12-3-10(17(19,20)21)11(18)4-13(12)30-16/h3-8H,1-2H3,(H,26,27)/t8-/m0/s1. The van der Waals surface area contributed by atoms with Crippen LogP contribution in [0.5, 0.6) is 5.75 Å². The minimum atomic E-state index is -4.60. The Kier molecular flexibility index (Phi) is 4.94. The third-order valence-corrected chi connectivity index (χ3v) is 4.44. The number of ether oxygens (including phenoxy) is 1. The van der Waals surface area contributed by atoms with Gasteiger partial charge in [-0.05, 0) is 13.0 Å². The quantitative estimate of drug-likeness (QED) is 0.496. The van der Waals surface area contributed by atoms with Crippen molar-refractivity contribution in [2.75, 3.05) is 12.4 Å². The molecule has 1 atom stereocenters. The van der Waals surface area contributed by atoms with E-state index in [9.17, 15) is 13.2 Å². The molecule has 0 aliphatic heterocycles. The number of alkyl halides is 3. The van der Waals surface area contributed by atoms with E-state index in [2.05, 4.69) is 30.4 Å². The van der Waals surface area contributed by atoms with Gasteiger partial charge in [0.15, 0.2) is 17.2 Å². The van der Waals surface area contributed by atoms with E-state index >= 15 is 0 Å². The number of halogens is 4. The Balaban J connectivity index is 1.61. The molecule has 3 heterocycles. The summed E-state index contributed by atoms with van der Waals surface area (Å²) in [5.41, 5.74) is -0.856. The zero-order valence-corrected chi connectivity index (χ0v) is 16.2. The fourth-order valence-corrected chi connectivity index (χ4v) is 2.96. The molecule has 30 heavy (non-hydrogen) atoms. The predicted octanol–water partition coefficient (Wildman–Crippen LogP) is 4.05. The molecule has 0 saturated carbocycles. The van der Waals surface area contributed by atoms with Crippen LogP contribution in [-0.2, 0) is 6.18 Å². The zero-order valence-electron chi connectivity index (χ0n) is 15.5. The van der Waals surface area contributed by atoms with E-state index in [1.807, 2.05) is 0 Å². The number of methoxy groups -OCH3 is 1. The van der Waals surface area contributed by atoms with Gasteiger partial charge >= 0.3 is 6.18 Å². The summed E-state index contributed by atoms with van der Waals surface area (Å²) >= 11 is 5.72. The second-order valence-corrected chi connectivity index (χ2v) is 6.54. The summed E-state index contributed by atoms with van der Waals surface area (Å²) in [6, 6.07) is 1.42. The third kappa shape index (κ3) is 3.73. The van der Waals surface area contributed by atoms with Gasteiger partial charge < -0.3 is 14.5 Å². The first-order valence-electron chi connectivity index (χ1n) is 8.46. The summed E-state index contributed by atoms with van der Waals surface area (Å²) in [6.07, 6.45) is -0.314. The van der Waals surface area contributed by atoms with Crippen LogP contribution in [0.4, 0.5) is 19.2 Å². The lowest BCUT2D eigenvalue weighted by molar-refractivity contribution is -0.137. The average Bonchev–Trinajstić information content (AvgIpc) is 3.33. The molecule has 0 aliphatic carbocycles. The highest BCUT2D eigenvalue weighted by Crippen LogP contribution is 2.37. The van der Waals surface area contributed by atoms with Gasteiger partial charge in [-0.15, -0.1) is 0 Å². The van der Waals surface area contributed by atoms with Crippen molar-refractivity contribution in [1.29, 1.82) is 0 Å². The molecule has 0 fully saturated rings. The van der Waals surface area contributed by atoms with Gasteiger partial charge in [0.2, 0.25) is 0 Å². The first-order valence-corrected chi connectivity index (χ1v) is 8.84. The summed E-state index contributed by atoms with van der Waals surface area (Å²) in [7, 11) is 1.50. The van der Waals surface area contributed by atoms with Crippen molar-refractivity contribution in [3.05, 3.63) is 47.3 Å². The SMILES string of the molecule is COc1cnc(-n2ncnc2[C@H](C)Nc2nc3cc(C(F)(F)F)c(Cl)cc3o2)nc1. The summed E-state index contributed by atoms with van der Waals surface area (Å²) < 4.78 is 51.0. The molecule has 0 spiro atoms. The molecule has 9 nitrogen and oxygen atoms in total. The molecular formula is C17H13ClF3N7O2. The van der Waals surface area contributed by atoms with Gasteiger partial charge in [0.1, 0.15) is 11.8 Å². The first-order chi connectivity index (χ1) is 14.3. The number of nitrogens with zero attached hydrogens (tertiary/aromatic N) is 6. The summed E-state index contributed by atoms with van der Waals surface area (Å²) in [5.74, 6) is 1.17. The van der Waals surface area contributed by atoms with Gasteiger partial charge in [-0.3, -0.25) is 0 Å². The van der Waals surface area contributed by atoms with Crippen molar-refractivity contribution in [2.24, 2.45) is 0 Å². The Bertz CT molecular complexity index is 1190. The topological polar surface area (TPSA) is 104 Å². The zero-order chi connectivity index (χ0) is 21.5. The molecule has 13 heteroatoms. The van der Waals surface area contributed by atoms with E-state index in [0.717, 1.165) is 12.1 Å². The molecular weight excluding hydrogens is 427 g/mol. The number of benzene rings is 1. The largest absolute Gasteiger partial charge is 0.494 e. The van der Waals surface area contributed by atoms with Gasteiger partial charge in [-0.2, -0.15) is 27.9 Å². The summed E-state index contributed by atoms with van der Waals surface area (Å²) in [5, 5.41) is 6.57. The van der Waals surface area contributed by atoms with Crippen molar-refractivity contribution < 1.29 is 22.3 Å². The van der Waals surface area contributed by atoms with E-state index in [0.29, 0.717) is 11.6 Å². The van der Waals surface area contributed by atoms with E-state index < -0.39 is 22.8 Å². The lowest BCUT2D eigenvalue weighted by Gasteiger charge is -2.12. The highest BCUT2D eigenvalue weighted by atomic mass is 35.5. The van der Waals surface area contributed by atoms with Gasteiger partial charge in [-0.1, -0.05) is 11.6 Å². The second kappa shape index (κ2) is 7.44. The first kappa shape index (κ1) is 19.9. The molecule has 4 aromatic rings. The van der Waals surface area contributed by atoms with Gasteiger partial charge in [0.05, 0.1) is 36.1 Å². The number of oxazole rings is 1. The molecule has 156 valence electrons. The molecule has 0 aliphatic rings. The number of hydrogen-bond donors (Lipinski definition) is 1. The number of nitrogens with one attached hydrogen (secondary N) is 1. The van der Waals surface area contributed by atoms with Crippen molar-refractivity contribution in [1.82, 2.24) is 29.7 Å². The Labute approximate surface area is 171 Å². The van der Waals surface area contributed by atoms with E-state index in [1.165, 1.54) is 30.5 Å². The maximum absolute atomic E-state index is 13.0. The number of aromatic nitrogens is 6. The van der Waals surface area contributed by atoms with E-state index in [-0.39, 0.29) is 23.1 Å². The smallest absolute Gasteiger partial charge is 0.417 e. The van der Waals surface area contributed by atoms with Crippen LogP contribution in [0.15, 0.2) is 35.3 Å². The highest BCUT2D eigenvalue weighted by Gasteiger charge is 2.34. The van der Waals surface area contributed by atoms with Crippen molar-refractivity contribution in [3.8, 4) is 11.7 Å². The number of hydrogen-bond acceptors (Lipinski definition) is 8. The van der Waals surface area contributed by atoms with Crippen LogP contribution in [-0.4, -0.2) is 36.8 Å². The van der Waals surface area contributed by atoms with Crippen LogP contribution in [0.25, 0.3) is 17.0 Å². The average molecular weight is 440 g/mol. The number of fused-ring (bicyclic) bond motifs is 1. The Morgan fingerprint density at radius 2 is 1.93 bits per heavy atom. The van der Waals surface area contributed by atoms with Crippen LogP contribution in [0.2, 0.25) is 5.02 Å². The molecule has 4 rings (SSSR count). The predicted molar refractivity (Wildman–Crippen MR) is 99.6 cm³/mol. The van der Waals surface area contributed by atoms with Crippen molar-refractivity contribution in [3.63, 3.8) is 0 Å². The minimum Gasteiger partial charge on any atom is -0.494 e. The molecule has 0 amide bonds. The molecule has 0 saturated heterocycles. The lowest BCUT2D eigenvalue weighted by Crippen LogP contribution is -2.15. The second-order valence-electron chi connectivity index (χ2n) is 6.14. The van der Waals surface area contributed by atoms with E-state index in [1.54, 1.807) is 6.92 Å². The molecule has 0 bridgehead atoms. The van der Waals surface area contributed by atoms with E-state index in [4.69, 9.17) is 20.8 Å². The maximum atomic E-state index is 13.0. The fraction of sp³-hybridized carbons (Fsp3) is 0.235. The maximum Gasteiger partial charge on any atom is 0.417 e. The van der Waals surface area contributed by atoms with Crippen molar-refractivity contribution in [2.45, 2.75) is 19.1 Å². The van der Waals surface area contributed by atoms with Gasteiger partial charge in [0.25, 0.3) is 12.0 Å². The van der Waals surface area contributed by atoms with Crippen LogP contribution in [0, 0.1) is 0 Å². The normalized spacial score (nSPS) is 12.9. The Morgan fingerprint density at radius 1 is 1.20 bits per heavy atom. The monoisotopic (exact) mass is 439 g/mol. The summed E-state index contributed by atoms with van der Waals surface area (Å²) in [6.45, 7) is 1.74. The lowest BCUT2D eigenvalue weighted by atomic mass is 10.2. The van der Waals surface area contributed by atoms with Crippen LogP contribution < -0.4 is 10.1 Å². The third-order valence-electron chi connectivity index (χ3n) is 4.12. The molecule has 3 aromatic heterocycles.